The molecule has 1 unspecified atom stereocenters. The van der Waals surface area contributed by atoms with E-state index < -0.39 is 35.6 Å². The zero-order valence-corrected chi connectivity index (χ0v) is 14.6. The summed E-state index contributed by atoms with van der Waals surface area (Å²) in [5, 5.41) is 7.30. The molecule has 2 amide bonds. The number of aromatic amines is 1. The van der Waals surface area contributed by atoms with Gasteiger partial charge in [0.25, 0.3) is 0 Å². The van der Waals surface area contributed by atoms with Gasteiger partial charge in [0.05, 0.1) is 12.3 Å². The van der Waals surface area contributed by atoms with Crippen LogP contribution >= 0.6 is 0 Å². The van der Waals surface area contributed by atoms with E-state index in [-0.39, 0.29) is 18.9 Å². The van der Waals surface area contributed by atoms with Gasteiger partial charge in [-0.1, -0.05) is 12.1 Å². The number of nitrogens with one attached hydrogen (secondary N) is 2. The van der Waals surface area contributed by atoms with Gasteiger partial charge >= 0.3 is 6.18 Å². The van der Waals surface area contributed by atoms with Crippen LogP contribution in [0.3, 0.4) is 0 Å². The maximum absolute atomic E-state index is 12.9. The molecule has 0 saturated carbocycles. The van der Waals surface area contributed by atoms with Gasteiger partial charge in [-0.25, -0.2) is 4.39 Å². The van der Waals surface area contributed by atoms with Crippen LogP contribution in [0, 0.1) is 11.7 Å². The van der Waals surface area contributed by atoms with E-state index in [0.717, 1.165) is 0 Å². The number of nitrogens with zero attached hydrogens (tertiary/aromatic N) is 3. The van der Waals surface area contributed by atoms with Crippen molar-refractivity contribution in [2.24, 2.45) is 5.92 Å². The highest BCUT2D eigenvalue weighted by Gasteiger charge is 2.36. The normalized spacial score (nSPS) is 17.4. The van der Waals surface area contributed by atoms with Crippen molar-refractivity contribution in [2.45, 2.75) is 25.4 Å². The number of piperidine rings is 1. The molecule has 2 aromatic rings. The Morgan fingerprint density at radius 3 is 2.61 bits per heavy atom. The molecule has 0 radical (unpaired) electrons. The van der Waals surface area contributed by atoms with Crippen molar-refractivity contribution in [2.75, 3.05) is 18.4 Å². The van der Waals surface area contributed by atoms with Gasteiger partial charge in [0.2, 0.25) is 23.6 Å². The minimum atomic E-state index is -4.69. The third-order valence-corrected chi connectivity index (χ3v) is 4.40. The lowest BCUT2D eigenvalue weighted by Gasteiger charge is -2.32. The molecule has 11 heteroatoms. The number of benzene rings is 1. The number of likely N-dealkylation sites (tertiary alicyclic amines) is 1. The Morgan fingerprint density at radius 1 is 1.25 bits per heavy atom. The lowest BCUT2D eigenvalue weighted by Crippen LogP contribution is -2.44. The predicted molar refractivity (Wildman–Crippen MR) is 89.4 cm³/mol. The Hall–Kier alpha value is -2.98. The molecule has 1 saturated heterocycles. The van der Waals surface area contributed by atoms with Gasteiger partial charge in [-0.05, 0) is 30.5 Å². The molecule has 2 N–H and O–H groups in total. The first-order valence-electron chi connectivity index (χ1n) is 8.55. The molecule has 28 heavy (non-hydrogen) atoms. The number of aromatic nitrogens is 3. The molecule has 1 aliphatic rings. The van der Waals surface area contributed by atoms with Crippen LogP contribution in [0.1, 0.15) is 24.2 Å². The predicted octanol–water partition coefficient (Wildman–Crippen LogP) is 2.38. The van der Waals surface area contributed by atoms with E-state index in [0.29, 0.717) is 24.9 Å². The topological polar surface area (TPSA) is 91.0 Å². The molecule has 1 fully saturated rings. The molecule has 0 bridgehead atoms. The largest absolute Gasteiger partial charge is 0.451 e. The van der Waals surface area contributed by atoms with E-state index in [1.54, 1.807) is 5.10 Å². The molecular weight excluding hydrogens is 382 g/mol. The SMILES string of the molecule is O=C(Nc1n[nH]c(C(F)(F)F)n1)C1CCCN(C(=O)Cc2ccc(F)cc2)C1. The van der Waals surface area contributed by atoms with Crippen molar-refractivity contribution in [1.82, 2.24) is 20.1 Å². The second-order valence-electron chi connectivity index (χ2n) is 6.48. The number of hydrogen-bond acceptors (Lipinski definition) is 4. The second kappa shape index (κ2) is 7.95. The summed E-state index contributed by atoms with van der Waals surface area (Å²) in [5.41, 5.74) is 0.651. The number of rotatable bonds is 4. The summed E-state index contributed by atoms with van der Waals surface area (Å²) in [5.74, 6) is -3.51. The number of H-pyrrole nitrogens is 1. The zero-order valence-electron chi connectivity index (χ0n) is 14.6. The number of alkyl halides is 3. The van der Waals surface area contributed by atoms with Crippen molar-refractivity contribution < 1.29 is 27.2 Å². The van der Waals surface area contributed by atoms with Gasteiger partial charge < -0.3 is 4.90 Å². The number of anilines is 1. The van der Waals surface area contributed by atoms with E-state index in [2.05, 4.69) is 15.4 Å². The standard InChI is InChI=1S/C17H17F4N5O2/c18-12-5-3-10(4-6-12)8-13(27)26-7-1-2-11(9-26)14(28)22-16-23-15(24-25-16)17(19,20)21/h3-6,11H,1-2,7-9H2,(H2,22,23,24,25,28). The van der Waals surface area contributed by atoms with Crippen LogP contribution in [-0.2, 0) is 22.2 Å². The third-order valence-electron chi connectivity index (χ3n) is 4.40. The minimum Gasteiger partial charge on any atom is -0.342 e. The molecule has 1 atom stereocenters. The zero-order chi connectivity index (χ0) is 20.3. The fraction of sp³-hybridized carbons (Fsp3) is 0.412. The molecule has 150 valence electrons. The monoisotopic (exact) mass is 399 g/mol. The van der Waals surface area contributed by atoms with Crippen LogP contribution in [0.25, 0.3) is 0 Å². The highest BCUT2D eigenvalue weighted by molar-refractivity contribution is 5.91. The average molecular weight is 399 g/mol. The van der Waals surface area contributed by atoms with Gasteiger partial charge in [-0.2, -0.15) is 18.2 Å². The summed E-state index contributed by atoms with van der Waals surface area (Å²) in [6.07, 6.45) is -3.55. The highest BCUT2D eigenvalue weighted by atomic mass is 19.4. The van der Waals surface area contributed by atoms with Crippen LogP contribution in [0.5, 0.6) is 0 Å². The van der Waals surface area contributed by atoms with Gasteiger partial charge in [-0.15, -0.1) is 5.10 Å². The van der Waals surface area contributed by atoms with Gasteiger partial charge in [0.15, 0.2) is 0 Å². The summed E-state index contributed by atoms with van der Waals surface area (Å²) in [6, 6.07) is 5.56. The fourth-order valence-electron chi connectivity index (χ4n) is 2.96. The van der Waals surface area contributed by atoms with E-state index in [1.807, 2.05) is 0 Å². The molecule has 0 aliphatic carbocycles. The van der Waals surface area contributed by atoms with Crippen LogP contribution in [0.2, 0.25) is 0 Å². The van der Waals surface area contributed by atoms with Crippen molar-refractivity contribution in [3.05, 3.63) is 41.5 Å². The Balaban J connectivity index is 1.57. The summed E-state index contributed by atoms with van der Waals surface area (Å²) < 4.78 is 50.5. The minimum absolute atomic E-state index is 0.0739. The van der Waals surface area contributed by atoms with Crippen molar-refractivity contribution in [3.8, 4) is 0 Å². The molecule has 1 aromatic carbocycles. The second-order valence-corrected chi connectivity index (χ2v) is 6.48. The van der Waals surface area contributed by atoms with Crippen molar-refractivity contribution in [3.63, 3.8) is 0 Å². The van der Waals surface area contributed by atoms with Crippen molar-refractivity contribution >= 4 is 17.8 Å². The first-order valence-corrected chi connectivity index (χ1v) is 8.55. The highest BCUT2D eigenvalue weighted by Crippen LogP contribution is 2.26. The van der Waals surface area contributed by atoms with E-state index in [1.165, 1.54) is 29.2 Å². The van der Waals surface area contributed by atoms with Crippen molar-refractivity contribution in [1.29, 1.82) is 0 Å². The molecule has 1 aliphatic heterocycles. The number of carbonyl (C=O) groups excluding carboxylic acids is 2. The lowest BCUT2D eigenvalue weighted by atomic mass is 9.96. The maximum atomic E-state index is 12.9. The van der Waals surface area contributed by atoms with E-state index in [9.17, 15) is 27.2 Å². The Bertz CT molecular complexity index is 850. The quantitative estimate of drug-likeness (QED) is 0.773. The van der Waals surface area contributed by atoms with E-state index in [4.69, 9.17) is 0 Å². The average Bonchev–Trinajstić information content (AvgIpc) is 3.12. The third kappa shape index (κ3) is 4.84. The van der Waals surface area contributed by atoms with Gasteiger partial charge in [-0.3, -0.25) is 20.0 Å². The molecule has 2 heterocycles. The van der Waals surface area contributed by atoms with Crippen LogP contribution in [0.15, 0.2) is 24.3 Å². The van der Waals surface area contributed by atoms with E-state index >= 15 is 0 Å². The van der Waals surface area contributed by atoms with Crippen LogP contribution in [-0.4, -0.2) is 45.0 Å². The summed E-state index contributed by atoms with van der Waals surface area (Å²) in [4.78, 5) is 29.5. The fourth-order valence-corrected chi connectivity index (χ4v) is 2.96. The van der Waals surface area contributed by atoms with Crippen LogP contribution < -0.4 is 5.32 Å². The molecule has 0 spiro atoms. The summed E-state index contributed by atoms with van der Waals surface area (Å²) >= 11 is 0. The smallest absolute Gasteiger partial charge is 0.342 e. The Labute approximate surface area is 157 Å². The Morgan fingerprint density at radius 2 is 1.96 bits per heavy atom. The molecular formula is C17H17F4N5O2. The summed E-state index contributed by atoms with van der Waals surface area (Å²) in [6.45, 7) is 0.616. The Kier molecular flexibility index (Phi) is 5.61. The number of hydrogen-bond donors (Lipinski definition) is 2. The first kappa shape index (κ1) is 19.8. The number of amides is 2. The summed E-state index contributed by atoms with van der Waals surface area (Å²) in [7, 11) is 0. The van der Waals surface area contributed by atoms with Gasteiger partial charge in [0.1, 0.15) is 5.82 Å². The molecule has 1 aromatic heterocycles. The maximum Gasteiger partial charge on any atom is 0.451 e. The molecule has 7 nitrogen and oxygen atoms in total. The van der Waals surface area contributed by atoms with Crippen LogP contribution in [0.4, 0.5) is 23.5 Å². The molecule has 3 rings (SSSR count). The number of halogens is 4. The first-order chi connectivity index (χ1) is 13.2. The lowest BCUT2D eigenvalue weighted by molar-refractivity contribution is -0.144. The van der Waals surface area contributed by atoms with Gasteiger partial charge in [0, 0.05) is 13.1 Å². The number of carbonyl (C=O) groups is 2.